The van der Waals surface area contributed by atoms with Gasteiger partial charge in [0.15, 0.2) is 6.29 Å². The van der Waals surface area contributed by atoms with E-state index in [0.29, 0.717) is 17.1 Å². The third-order valence-electron chi connectivity index (χ3n) is 3.00. The maximum Gasteiger partial charge on any atom is 0.293 e. The Morgan fingerprint density at radius 3 is 2.35 bits per heavy atom. The Bertz CT molecular complexity index is 720. The predicted molar refractivity (Wildman–Crippen MR) is 110 cm³/mol. The number of hydrogen-bond acceptors (Lipinski definition) is 4. The Kier molecular flexibility index (Phi) is 11.7. The van der Waals surface area contributed by atoms with Crippen molar-refractivity contribution in [2.24, 2.45) is 10.1 Å². The predicted octanol–water partition coefficient (Wildman–Crippen LogP) is 5.69. The lowest BCUT2D eigenvalue weighted by atomic mass is 10.1. The first-order valence-corrected chi connectivity index (χ1v) is 8.68. The van der Waals surface area contributed by atoms with Gasteiger partial charge in [0, 0.05) is 12.5 Å². The van der Waals surface area contributed by atoms with Gasteiger partial charge in [-0.05, 0) is 36.2 Å². The van der Waals surface area contributed by atoms with Crippen LogP contribution in [0.5, 0.6) is 5.75 Å². The molecule has 0 amide bonds. The molecule has 0 fully saturated rings. The maximum atomic E-state index is 5.86. The molecule has 2 aromatic carbocycles. The topological polar surface area (TPSA) is 60.3 Å². The highest BCUT2D eigenvalue weighted by Crippen LogP contribution is 2.40. The van der Waals surface area contributed by atoms with Crippen molar-refractivity contribution in [3.8, 4) is 5.75 Å². The van der Waals surface area contributed by atoms with Gasteiger partial charge < -0.3 is 14.9 Å². The van der Waals surface area contributed by atoms with Crippen molar-refractivity contribution < 1.29 is 14.2 Å². The molecule has 0 aliphatic rings. The first-order chi connectivity index (χ1) is 12.5. The minimum absolute atomic E-state index is 0.405. The fraction of sp³-hybridized carbons (Fsp3) is 0.421. The normalized spacial score (nSPS) is 11.0. The van der Waals surface area contributed by atoms with Crippen LogP contribution in [-0.4, -0.2) is 39.8 Å². The molecule has 0 N–H and O–H groups in total. The number of nitrogens with zero attached hydrogens (tertiary/aromatic N) is 4. The van der Waals surface area contributed by atoms with Crippen molar-refractivity contribution in [3.05, 3.63) is 35.8 Å². The second-order valence-corrected chi connectivity index (χ2v) is 4.71. The van der Waals surface area contributed by atoms with Gasteiger partial charge in [-0.3, -0.25) is 9.71 Å². The zero-order valence-corrected chi connectivity index (χ0v) is 16.9. The molecule has 0 saturated heterocycles. The maximum absolute atomic E-state index is 5.86. The molecule has 6 nitrogen and oxygen atoms in total. The summed E-state index contributed by atoms with van der Waals surface area (Å²) in [5.74, 6) is 0.624. The molecule has 26 heavy (non-hydrogen) atoms. The molecule has 7 heteroatoms. The molecule has 2 radical (unpaired) electrons. The van der Waals surface area contributed by atoms with Gasteiger partial charge in [0.2, 0.25) is 0 Å². The Balaban J connectivity index is 0.00000146. The van der Waals surface area contributed by atoms with Crippen molar-refractivity contribution >= 4 is 36.8 Å². The number of ether oxygens (including phenoxy) is 2. The molecule has 0 spiro atoms. The van der Waals surface area contributed by atoms with E-state index in [0.717, 1.165) is 10.8 Å². The van der Waals surface area contributed by atoms with E-state index in [1.54, 1.807) is 20.2 Å². The summed E-state index contributed by atoms with van der Waals surface area (Å²) in [5.41, 5.74) is 5.67. The summed E-state index contributed by atoms with van der Waals surface area (Å²) in [5, 5.41) is 8.95. The van der Waals surface area contributed by atoms with Crippen LogP contribution >= 0.6 is 0 Å². The van der Waals surface area contributed by atoms with Crippen LogP contribution in [0.15, 0.2) is 40.5 Å². The van der Waals surface area contributed by atoms with E-state index in [4.69, 9.17) is 17.5 Å². The molecule has 0 aliphatic heterocycles. The minimum atomic E-state index is -0.405. The van der Waals surface area contributed by atoms with E-state index in [1.807, 2.05) is 58.9 Å². The van der Waals surface area contributed by atoms with Crippen molar-refractivity contribution in [3.63, 3.8) is 0 Å². The molecule has 1 unspecified atom stereocenters. The van der Waals surface area contributed by atoms with Crippen molar-refractivity contribution in [1.82, 2.24) is 0 Å². The fourth-order valence-corrected chi connectivity index (χ4v) is 2.01. The van der Waals surface area contributed by atoms with E-state index in [-0.39, 0.29) is 0 Å². The van der Waals surface area contributed by atoms with Gasteiger partial charge in [-0.1, -0.05) is 39.8 Å². The van der Waals surface area contributed by atoms with Gasteiger partial charge in [-0.25, -0.2) is 0 Å². The molecular weight excluding hydrogens is 327 g/mol. The zero-order chi connectivity index (χ0) is 20.1. The highest BCUT2D eigenvalue weighted by atomic mass is 16.7. The van der Waals surface area contributed by atoms with Crippen molar-refractivity contribution in [2.45, 2.75) is 40.9 Å². The molecule has 0 aliphatic carbocycles. The number of rotatable bonds is 6. The smallest absolute Gasteiger partial charge is 0.293 e. The van der Waals surface area contributed by atoms with E-state index in [1.165, 1.54) is 4.68 Å². The van der Waals surface area contributed by atoms with Gasteiger partial charge in [0.25, 0.3) is 7.98 Å². The second-order valence-electron chi connectivity index (χ2n) is 4.71. The van der Waals surface area contributed by atoms with Gasteiger partial charge >= 0.3 is 0 Å². The van der Waals surface area contributed by atoms with Crippen LogP contribution in [0.25, 0.3) is 16.2 Å². The Morgan fingerprint density at radius 2 is 1.81 bits per heavy atom. The van der Waals surface area contributed by atoms with Crippen molar-refractivity contribution in [2.75, 3.05) is 14.2 Å². The van der Waals surface area contributed by atoms with Crippen LogP contribution in [0.1, 0.15) is 34.6 Å². The quantitative estimate of drug-likeness (QED) is 0.167. The average Bonchev–Trinajstić information content (AvgIpc) is 2.66. The summed E-state index contributed by atoms with van der Waals surface area (Å²) < 4.78 is 12.5. The molecule has 0 aromatic heterocycles. The summed E-state index contributed by atoms with van der Waals surface area (Å²) in [6.45, 7) is 13.5. The second kappa shape index (κ2) is 12.9. The first kappa shape index (κ1) is 23.6. The molecular formula is C19H29BN4O2. The van der Waals surface area contributed by atoms with Crippen LogP contribution < -0.4 is 4.74 Å². The summed E-state index contributed by atoms with van der Waals surface area (Å²) in [4.78, 5) is 0. The van der Waals surface area contributed by atoms with Gasteiger partial charge in [-0.2, -0.15) is 5.11 Å². The summed E-state index contributed by atoms with van der Waals surface area (Å²) >= 11 is 0. The van der Waals surface area contributed by atoms with Crippen LogP contribution in [0.4, 0.5) is 11.4 Å². The summed E-state index contributed by atoms with van der Waals surface area (Å²) in [6.07, 6.45) is -0.405. The Hall–Kier alpha value is -2.41. The number of hydrogen-bond donors (Lipinski definition) is 0. The van der Waals surface area contributed by atoms with E-state index < -0.39 is 6.29 Å². The van der Waals surface area contributed by atoms with Gasteiger partial charge in [0.1, 0.15) is 19.5 Å². The van der Waals surface area contributed by atoms with E-state index >= 15 is 0 Å². The van der Waals surface area contributed by atoms with Crippen LogP contribution in [0.2, 0.25) is 0 Å². The number of methoxy groups -OCH3 is 1. The van der Waals surface area contributed by atoms with Crippen LogP contribution in [0.3, 0.4) is 0 Å². The molecule has 0 heterocycles. The fourth-order valence-electron chi connectivity index (χ4n) is 2.01. The average molecular weight is 356 g/mol. The third kappa shape index (κ3) is 6.84. The standard InChI is InChI=1S/C15H17BN4O2.2C2H6/c1-10(21-4)22-15-13-7-6-12(17-19-16)9-11(13)5-8-14(15)18-20(2)3;2*1-2/h5-10H,2H2,1,3-4H3;2*1-2H3. The largest absolute Gasteiger partial charge is 0.466 e. The van der Waals surface area contributed by atoms with E-state index in [9.17, 15) is 0 Å². The molecule has 0 saturated carbocycles. The third-order valence-corrected chi connectivity index (χ3v) is 3.00. The number of fused-ring (bicyclic) bond motifs is 1. The molecule has 0 bridgehead atoms. The van der Waals surface area contributed by atoms with Crippen molar-refractivity contribution in [1.29, 1.82) is 0 Å². The number of benzene rings is 2. The van der Waals surface area contributed by atoms with E-state index in [2.05, 4.69) is 22.3 Å². The molecule has 2 rings (SSSR count). The first-order valence-electron chi connectivity index (χ1n) is 8.68. The summed E-state index contributed by atoms with van der Waals surface area (Å²) in [6, 6.07) is 9.34. The van der Waals surface area contributed by atoms with Crippen LogP contribution in [0, 0.1) is 0 Å². The Morgan fingerprint density at radius 1 is 1.15 bits per heavy atom. The molecule has 2 aromatic rings. The molecule has 1 atom stereocenters. The van der Waals surface area contributed by atoms with Crippen LogP contribution in [-0.2, 0) is 4.74 Å². The zero-order valence-electron chi connectivity index (χ0n) is 16.9. The lowest BCUT2D eigenvalue weighted by Gasteiger charge is -2.23. The SMILES string of the molecule is CC.CC.[B]N=Nc1ccc2c(OC(C)OC)c([N-][N+](=C)C)ccc2c1. The lowest BCUT2D eigenvalue weighted by Crippen LogP contribution is -2.14. The lowest BCUT2D eigenvalue weighted by molar-refractivity contribution is -0.428. The highest BCUT2D eigenvalue weighted by molar-refractivity contribution is 6.05. The monoisotopic (exact) mass is 356 g/mol. The molecule has 140 valence electrons. The highest BCUT2D eigenvalue weighted by Gasteiger charge is 2.10. The summed E-state index contributed by atoms with van der Waals surface area (Å²) in [7, 11) is 8.42. The minimum Gasteiger partial charge on any atom is -0.466 e. The van der Waals surface area contributed by atoms with Gasteiger partial charge in [-0.15, -0.1) is 0 Å². The Labute approximate surface area is 158 Å². The van der Waals surface area contributed by atoms with Gasteiger partial charge in [0.05, 0.1) is 5.69 Å².